The van der Waals surface area contributed by atoms with Gasteiger partial charge in [0.25, 0.3) is 0 Å². The number of nitrogens with zero attached hydrogens (tertiary/aromatic N) is 2. The van der Waals surface area contributed by atoms with Crippen molar-refractivity contribution < 1.29 is 9.15 Å². The first-order chi connectivity index (χ1) is 9.15. The highest BCUT2D eigenvalue weighted by Crippen LogP contribution is 2.16. The molecule has 0 amide bonds. The van der Waals surface area contributed by atoms with E-state index >= 15 is 0 Å². The van der Waals surface area contributed by atoms with E-state index in [1.807, 2.05) is 24.3 Å². The number of ether oxygens (including phenoxy) is 1. The van der Waals surface area contributed by atoms with Crippen molar-refractivity contribution in [3.8, 4) is 0 Å². The molecule has 0 spiro atoms. The Morgan fingerprint density at radius 1 is 1.32 bits per heavy atom. The highest BCUT2D eigenvalue weighted by atomic mass is 16.5. The van der Waals surface area contributed by atoms with Gasteiger partial charge in [-0.2, -0.15) is 0 Å². The van der Waals surface area contributed by atoms with Crippen LogP contribution in [0.3, 0.4) is 0 Å². The number of hydrogen-bond acceptors (Lipinski definition) is 4. The molecule has 1 saturated heterocycles. The molecular weight excluding hydrogens is 244 g/mol. The van der Waals surface area contributed by atoms with Crippen LogP contribution in [0.2, 0.25) is 0 Å². The van der Waals surface area contributed by atoms with Gasteiger partial charge in [0.2, 0.25) is 0 Å². The summed E-state index contributed by atoms with van der Waals surface area (Å²) in [5, 5.41) is 0. The van der Waals surface area contributed by atoms with Crippen LogP contribution in [0.25, 0.3) is 11.1 Å². The standard InChI is InChI=1S/C14H18N2O3/c1-10-8-18-11(2)7-15(10)9-16-12-5-3-4-6-13(12)19-14(16)17/h3-6,10-11H,7-9H2,1-2H3/t10-,11-/m1/s1. The Hall–Kier alpha value is -1.59. The predicted octanol–water partition coefficient (Wildman–Crippen LogP) is 1.66. The van der Waals surface area contributed by atoms with Crippen LogP contribution in [0.5, 0.6) is 0 Å². The molecule has 102 valence electrons. The van der Waals surface area contributed by atoms with Crippen LogP contribution in [0, 0.1) is 0 Å². The van der Waals surface area contributed by atoms with E-state index in [2.05, 4.69) is 18.7 Å². The molecule has 0 radical (unpaired) electrons. The van der Waals surface area contributed by atoms with Crippen LogP contribution >= 0.6 is 0 Å². The van der Waals surface area contributed by atoms with Gasteiger partial charge in [-0.15, -0.1) is 0 Å². The van der Waals surface area contributed by atoms with E-state index < -0.39 is 0 Å². The van der Waals surface area contributed by atoms with Crippen LogP contribution in [0.4, 0.5) is 0 Å². The van der Waals surface area contributed by atoms with Crippen LogP contribution in [-0.2, 0) is 11.4 Å². The van der Waals surface area contributed by atoms with Gasteiger partial charge in [-0.3, -0.25) is 9.47 Å². The number of oxazole rings is 1. The van der Waals surface area contributed by atoms with Crippen molar-refractivity contribution in [2.45, 2.75) is 32.7 Å². The summed E-state index contributed by atoms with van der Waals surface area (Å²) < 4.78 is 12.5. The zero-order valence-corrected chi connectivity index (χ0v) is 11.2. The fourth-order valence-corrected chi connectivity index (χ4v) is 2.50. The minimum absolute atomic E-state index is 0.199. The summed E-state index contributed by atoms with van der Waals surface area (Å²) in [5.41, 5.74) is 1.49. The van der Waals surface area contributed by atoms with Crippen molar-refractivity contribution in [1.82, 2.24) is 9.47 Å². The lowest BCUT2D eigenvalue weighted by atomic mass is 10.2. The Balaban J connectivity index is 1.92. The number of hydrogen-bond donors (Lipinski definition) is 0. The topological polar surface area (TPSA) is 47.6 Å². The first kappa shape index (κ1) is 12.4. The molecule has 0 N–H and O–H groups in total. The Labute approximate surface area is 111 Å². The number of morpholine rings is 1. The Kier molecular flexibility index (Phi) is 3.16. The Bertz CT molecular complexity index is 631. The molecule has 5 nitrogen and oxygen atoms in total. The van der Waals surface area contributed by atoms with Gasteiger partial charge in [-0.05, 0) is 26.0 Å². The van der Waals surface area contributed by atoms with Gasteiger partial charge in [0.1, 0.15) is 0 Å². The first-order valence-corrected chi connectivity index (χ1v) is 6.59. The van der Waals surface area contributed by atoms with Crippen molar-refractivity contribution in [1.29, 1.82) is 0 Å². The van der Waals surface area contributed by atoms with Gasteiger partial charge in [-0.1, -0.05) is 12.1 Å². The van der Waals surface area contributed by atoms with E-state index in [1.54, 1.807) is 4.57 Å². The van der Waals surface area contributed by atoms with Crippen LogP contribution < -0.4 is 5.76 Å². The van der Waals surface area contributed by atoms with Crippen molar-refractivity contribution in [3.05, 3.63) is 34.8 Å². The van der Waals surface area contributed by atoms with E-state index in [4.69, 9.17) is 9.15 Å². The van der Waals surface area contributed by atoms with Crippen molar-refractivity contribution >= 4 is 11.1 Å². The Morgan fingerprint density at radius 3 is 2.95 bits per heavy atom. The van der Waals surface area contributed by atoms with Crippen molar-refractivity contribution in [3.63, 3.8) is 0 Å². The average molecular weight is 262 g/mol. The summed E-state index contributed by atoms with van der Waals surface area (Å²) in [5.74, 6) is -0.299. The summed E-state index contributed by atoms with van der Waals surface area (Å²) in [4.78, 5) is 14.2. The van der Waals surface area contributed by atoms with Gasteiger partial charge in [0.15, 0.2) is 5.58 Å². The molecule has 1 fully saturated rings. The molecule has 1 aromatic heterocycles. The zero-order chi connectivity index (χ0) is 13.4. The summed E-state index contributed by atoms with van der Waals surface area (Å²) in [6.07, 6.45) is 0.199. The lowest BCUT2D eigenvalue weighted by Gasteiger charge is -2.36. The number of benzene rings is 1. The van der Waals surface area contributed by atoms with E-state index in [0.29, 0.717) is 24.9 Å². The third-order valence-corrected chi connectivity index (χ3v) is 3.63. The quantitative estimate of drug-likeness (QED) is 0.826. The third-order valence-electron chi connectivity index (χ3n) is 3.63. The molecule has 1 aromatic carbocycles. The van der Waals surface area contributed by atoms with Gasteiger partial charge in [0.05, 0.1) is 24.9 Å². The molecule has 1 aliphatic rings. The SMILES string of the molecule is C[C@@H]1CN(Cn2c(=O)oc3ccccc32)[C@H](C)CO1. The van der Waals surface area contributed by atoms with E-state index in [9.17, 15) is 4.79 Å². The predicted molar refractivity (Wildman–Crippen MR) is 72.1 cm³/mol. The summed E-state index contributed by atoms with van der Waals surface area (Å²) in [6, 6.07) is 7.82. The number of fused-ring (bicyclic) bond motifs is 1. The molecule has 2 atom stereocenters. The molecule has 0 saturated carbocycles. The minimum atomic E-state index is -0.299. The zero-order valence-electron chi connectivity index (χ0n) is 11.2. The van der Waals surface area contributed by atoms with E-state index in [0.717, 1.165) is 12.1 Å². The fourth-order valence-electron chi connectivity index (χ4n) is 2.50. The second kappa shape index (κ2) is 4.83. The second-order valence-corrected chi connectivity index (χ2v) is 5.17. The van der Waals surface area contributed by atoms with Gasteiger partial charge >= 0.3 is 5.76 Å². The van der Waals surface area contributed by atoms with Gasteiger partial charge in [0, 0.05) is 12.6 Å². The molecular formula is C14H18N2O3. The normalized spacial score (nSPS) is 24.9. The smallest absolute Gasteiger partial charge is 0.408 e. The lowest BCUT2D eigenvalue weighted by molar-refractivity contribution is -0.0610. The summed E-state index contributed by atoms with van der Waals surface area (Å²) in [6.45, 7) is 6.23. The number of para-hydroxylation sites is 2. The van der Waals surface area contributed by atoms with Crippen LogP contribution in [0.15, 0.2) is 33.5 Å². The third kappa shape index (κ3) is 2.31. The Morgan fingerprint density at radius 2 is 2.11 bits per heavy atom. The second-order valence-electron chi connectivity index (χ2n) is 5.17. The highest BCUT2D eigenvalue weighted by molar-refractivity contribution is 5.72. The molecule has 19 heavy (non-hydrogen) atoms. The average Bonchev–Trinajstić information content (AvgIpc) is 2.71. The molecule has 0 bridgehead atoms. The maximum Gasteiger partial charge on any atom is 0.421 e. The summed E-state index contributed by atoms with van der Waals surface area (Å²) >= 11 is 0. The van der Waals surface area contributed by atoms with Gasteiger partial charge in [-0.25, -0.2) is 4.79 Å². The van der Waals surface area contributed by atoms with Crippen molar-refractivity contribution in [2.75, 3.05) is 13.2 Å². The molecule has 0 unspecified atom stereocenters. The minimum Gasteiger partial charge on any atom is -0.408 e. The molecule has 1 aliphatic heterocycles. The van der Waals surface area contributed by atoms with Crippen LogP contribution in [0.1, 0.15) is 13.8 Å². The largest absolute Gasteiger partial charge is 0.421 e. The van der Waals surface area contributed by atoms with Crippen LogP contribution in [-0.4, -0.2) is 34.8 Å². The first-order valence-electron chi connectivity index (χ1n) is 6.59. The molecule has 0 aliphatic carbocycles. The maximum atomic E-state index is 11.9. The maximum absolute atomic E-state index is 11.9. The highest BCUT2D eigenvalue weighted by Gasteiger charge is 2.24. The molecule has 2 aromatic rings. The van der Waals surface area contributed by atoms with E-state index in [1.165, 1.54) is 0 Å². The lowest BCUT2D eigenvalue weighted by Crippen LogP contribution is -2.48. The number of aromatic nitrogens is 1. The molecule has 5 heteroatoms. The molecule has 3 rings (SSSR count). The molecule has 2 heterocycles. The number of rotatable bonds is 2. The van der Waals surface area contributed by atoms with Crippen molar-refractivity contribution in [2.24, 2.45) is 0 Å². The van der Waals surface area contributed by atoms with Gasteiger partial charge < -0.3 is 9.15 Å². The fraction of sp³-hybridized carbons (Fsp3) is 0.500. The van der Waals surface area contributed by atoms with E-state index in [-0.39, 0.29) is 11.9 Å². The summed E-state index contributed by atoms with van der Waals surface area (Å²) in [7, 11) is 0. The monoisotopic (exact) mass is 262 g/mol.